The molecule has 0 saturated heterocycles. The van der Waals surface area contributed by atoms with Gasteiger partial charge in [0.15, 0.2) is 0 Å². The second-order valence-corrected chi connectivity index (χ2v) is 6.39. The van der Waals surface area contributed by atoms with E-state index in [1.165, 1.54) is 23.0 Å². The zero-order valence-corrected chi connectivity index (χ0v) is 15.9. The molecule has 0 bridgehead atoms. The van der Waals surface area contributed by atoms with Crippen molar-refractivity contribution in [1.82, 2.24) is 19.6 Å². The van der Waals surface area contributed by atoms with Gasteiger partial charge in [-0.05, 0) is 19.4 Å². The van der Waals surface area contributed by atoms with Crippen molar-refractivity contribution in [3.63, 3.8) is 0 Å². The number of anilines is 1. The van der Waals surface area contributed by atoms with E-state index in [4.69, 9.17) is 5.73 Å². The fraction of sp³-hybridized carbons (Fsp3) is 0.263. The van der Waals surface area contributed by atoms with Gasteiger partial charge in [0, 0.05) is 29.9 Å². The molecule has 146 valence electrons. The van der Waals surface area contributed by atoms with Crippen LogP contribution in [-0.4, -0.2) is 31.4 Å². The van der Waals surface area contributed by atoms with Gasteiger partial charge in [0.25, 0.3) is 5.91 Å². The number of hydrogen-bond acceptors (Lipinski definition) is 4. The zero-order chi connectivity index (χ0) is 20.4. The summed E-state index contributed by atoms with van der Waals surface area (Å²) >= 11 is 0. The summed E-state index contributed by atoms with van der Waals surface area (Å²) in [7, 11) is 1.77. The normalized spacial score (nSPS) is 10.9. The van der Waals surface area contributed by atoms with Gasteiger partial charge in [-0.15, -0.1) is 0 Å². The highest BCUT2D eigenvalue weighted by atomic mass is 19.1. The number of aromatic nitrogens is 4. The van der Waals surface area contributed by atoms with Crippen molar-refractivity contribution >= 4 is 17.6 Å². The van der Waals surface area contributed by atoms with Gasteiger partial charge >= 0.3 is 0 Å². The van der Waals surface area contributed by atoms with E-state index in [1.54, 1.807) is 24.0 Å². The van der Waals surface area contributed by atoms with Crippen LogP contribution in [0.15, 0.2) is 30.6 Å². The van der Waals surface area contributed by atoms with Crippen LogP contribution in [0.3, 0.4) is 0 Å². The fourth-order valence-corrected chi connectivity index (χ4v) is 3.20. The Morgan fingerprint density at radius 1 is 1.32 bits per heavy atom. The highest BCUT2D eigenvalue weighted by Crippen LogP contribution is 2.25. The third kappa shape index (κ3) is 3.64. The number of nitrogens with two attached hydrogens (primary N) is 1. The molecule has 0 unspecified atom stereocenters. The minimum Gasteiger partial charge on any atom is -0.365 e. The number of rotatable bonds is 6. The number of halogens is 1. The van der Waals surface area contributed by atoms with Crippen LogP contribution in [0.4, 0.5) is 10.2 Å². The molecule has 2 heterocycles. The van der Waals surface area contributed by atoms with Crippen molar-refractivity contribution < 1.29 is 14.0 Å². The maximum absolute atomic E-state index is 14.0. The first kappa shape index (κ1) is 19.3. The number of carbonyl (C=O) groups excluding carboxylic acids is 2. The Hall–Kier alpha value is -3.49. The number of nitrogens with one attached hydrogen (secondary N) is 1. The van der Waals surface area contributed by atoms with E-state index in [1.807, 2.05) is 13.8 Å². The van der Waals surface area contributed by atoms with Crippen molar-refractivity contribution in [2.24, 2.45) is 12.8 Å². The highest BCUT2D eigenvalue weighted by molar-refractivity contribution is 6.00. The summed E-state index contributed by atoms with van der Waals surface area (Å²) in [5.41, 5.74) is 7.75. The van der Waals surface area contributed by atoms with Gasteiger partial charge in [0.1, 0.15) is 18.2 Å². The Bertz CT molecular complexity index is 1050. The molecule has 0 radical (unpaired) electrons. The summed E-state index contributed by atoms with van der Waals surface area (Å²) in [5, 5.41) is 11.3. The van der Waals surface area contributed by atoms with Crippen molar-refractivity contribution in [3.05, 3.63) is 53.2 Å². The largest absolute Gasteiger partial charge is 0.365 e. The average Bonchev–Trinajstić information content (AvgIpc) is 3.18. The lowest BCUT2D eigenvalue weighted by Crippen LogP contribution is -2.21. The maximum Gasteiger partial charge on any atom is 0.252 e. The van der Waals surface area contributed by atoms with E-state index in [0.29, 0.717) is 16.9 Å². The standard InChI is InChI=1S/C19H21FN6O2/c1-4-13-11(2)24-25(3)19(13)23-16(27)10-26-9-12(8-22-26)14-6-5-7-15(20)17(14)18(21)28/h5-9H,4,10H2,1-3H3,(H2,21,28)(H,23,27). The number of amides is 2. The SMILES string of the molecule is CCc1c(C)nn(C)c1NC(=O)Cn1cc(-c2cccc(F)c2C(N)=O)cn1. The predicted molar refractivity (Wildman–Crippen MR) is 102 cm³/mol. The molecule has 0 spiro atoms. The van der Waals surface area contributed by atoms with Crippen LogP contribution in [0, 0.1) is 12.7 Å². The molecule has 0 aliphatic carbocycles. The Morgan fingerprint density at radius 3 is 2.75 bits per heavy atom. The van der Waals surface area contributed by atoms with E-state index in [-0.39, 0.29) is 18.0 Å². The van der Waals surface area contributed by atoms with Crippen LogP contribution in [0.5, 0.6) is 0 Å². The second-order valence-electron chi connectivity index (χ2n) is 6.39. The van der Waals surface area contributed by atoms with Gasteiger partial charge in [-0.1, -0.05) is 19.1 Å². The molecule has 2 amide bonds. The quantitative estimate of drug-likeness (QED) is 0.678. The van der Waals surface area contributed by atoms with Crippen LogP contribution in [-0.2, 0) is 24.8 Å². The maximum atomic E-state index is 14.0. The Morgan fingerprint density at radius 2 is 2.07 bits per heavy atom. The van der Waals surface area contributed by atoms with Crippen LogP contribution in [0.1, 0.15) is 28.5 Å². The summed E-state index contributed by atoms with van der Waals surface area (Å²) in [6.07, 6.45) is 3.77. The van der Waals surface area contributed by atoms with Gasteiger partial charge < -0.3 is 11.1 Å². The summed E-state index contributed by atoms with van der Waals surface area (Å²) in [5.74, 6) is -1.19. The molecule has 8 nitrogen and oxygen atoms in total. The average molecular weight is 384 g/mol. The predicted octanol–water partition coefficient (Wildman–Crippen LogP) is 2.03. The van der Waals surface area contributed by atoms with Crippen LogP contribution in [0.25, 0.3) is 11.1 Å². The first-order valence-corrected chi connectivity index (χ1v) is 8.75. The van der Waals surface area contributed by atoms with Gasteiger partial charge in [0.2, 0.25) is 5.91 Å². The molecule has 2 aromatic heterocycles. The summed E-state index contributed by atoms with van der Waals surface area (Å²) in [6.45, 7) is 3.84. The minimum atomic E-state index is -0.864. The van der Waals surface area contributed by atoms with Crippen LogP contribution < -0.4 is 11.1 Å². The first-order chi connectivity index (χ1) is 13.3. The van der Waals surface area contributed by atoms with Gasteiger partial charge in [-0.25, -0.2) is 4.39 Å². The van der Waals surface area contributed by atoms with E-state index in [9.17, 15) is 14.0 Å². The van der Waals surface area contributed by atoms with Gasteiger partial charge in [-0.3, -0.25) is 19.0 Å². The molecule has 3 rings (SSSR count). The molecule has 3 aromatic rings. The molecular formula is C19H21FN6O2. The molecular weight excluding hydrogens is 363 g/mol. The molecule has 3 N–H and O–H groups in total. The molecule has 1 aromatic carbocycles. The first-order valence-electron chi connectivity index (χ1n) is 8.75. The van der Waals surface area contributed by atoms with Crippen molar-refractivity contribution in [2.45, 2.75) is 26.8 Å². The third-order valence-electron chi connectivity index (χ3n) is 4.47. The summed E-state index contributed by atoms with van der Waals surface area (Å²) in [6, 6.07) is 4.23. The smallest absolute Gasteiger partial charge is 0.252 e. The lowest BCUT2D eigenvalue weighted by atomic mass is 10.0. The van der Waals surface area contributed by atoms with E-state index in [0.717, 1.165) is 17.7 Å². The number of hydrogen-bond donors (Lipinski definition) is 2. The fourth-order valence-electron chi connectivity index (χ4n) is 3.20. The Kier molecular flexibility index (Phi) is 5.25. The number of carbonyl (C=O) groups is 2. The topological polar surface area (TPSA) is 108 Å². The lowest BCUT2D eigenvalue weighted by Gasteiger charge is -2.08. The second kappa shape index (κ2) is 7.63. The molecule has 0 aliphatic heterocycles. The lowest BCUT2D eigenvalue weighted by molar-refractivity contribution is -0.117. The van der Waals surface area contributed by atoms with Crippen LogP contribution >= 0.6 is 0 Å². The van der Waals surface area contributed by atoms with Crippen molar-refractivity contribution in [1.29, 1.82) is 0 Å². The Balaban J connectivity index is 1.80. The molecule has 9 heteroatoms. The van der Waals surface area contributed by atoms with E-state index >= 15 is 0 Å². The molecule has 0 saturated carbocycles. The third-order valence-corrected chi connectivity index (χ3v) is 4.47. The van der Waals surface area contributed by atoms with Crippen LogP contribution in [0.2, 0.25) is 0 Å². The molecule has 0 aliphatic rings. The minimum absolute atomic E-state index is 0.0470. The Labute approximate surface area is 161 Å². The van der Waals surface area contributed by atoms with Gasteiger partial charge in [-0.2, -0.15) is 10.2 Å². The summed E-state index contributed by atoms with van der Waals surface area (Å²) in [4.78, 5) is 24.0. The number of nitrogens with zero attached hydrogens (tertiary/aromatic N) is 4. The number of aryl methyl sites for hydroxylation is 2. The van der Waals surface area contributed by atoms with E-state index < -0.39 is 11.7 Å². The number of benzene rings is 1. The molecule has 0 fully saturated rings. The van der Waals surface area contributed by atoms with Crippen molar-refractivity contribution in [2.75, 3.05) is 5.32 Å². The molecule has 28 heavy (non-hydrogen) atoms. The van der Waals surface area contributed by atoms with E-state index in [2.05, 4.69) is 15.5 Å². The highest BCUT2D eigenvalue weighted by Gasteiger charge is 2.18. The van der Waals surface area contributed by atoms with Crippen molar-refractivity contribution in [3.8, 4) is 11.1 Å². The van der Waals surface area contributed by atoms with Gasteiger partial charge in [0.05, 0.1) is 17.5 Å². The zero-order valence-electron chi connectivity index (χ0n) is 15.9. The monoisotopic (exact) mass is 384 g/mol. The molecule has 0 atom stereocenters. The number of primary amides is 1. The summed E-state index contributed by atoms with van der Waals surface area (Å²) < 4.78 is 17.0.